The van der Waals surface area contributed by atoms with E-state index in [1.165, 1.54) is 0 Å². The predicted molar refractivity (Wildman–Crippen MR) is 119 cm³/mol. The Kier molecular flexibility index (Phi) is 5.33. The minimum absolute atomic E-state index is 0.153. The highest BCUT2D eigenvalue weighted by Crippen LogP contribution is 2.31. The predicted octanol–water partition coefficient (Wildman–Crippen LogP) is 4.82. The van der Waals surface area contributed by atoms with Crippen molar-refractivity contribution in [2.24, 2.45) is 0 Å². The Balaban J connectivity index is 1.41. The number of hydrogen-bond donors (Lipinski definition) is 0. The zero-order chi connectivity index (χ0) is 23.8. The molecule has 0 fully saturated rings. The van der Waals surface area contributed by atoms with Crippen molar-refractivity contribution in [1.29, 1.82) is 0 Å². The minimum Gasteiger partial charge on any atom is -0.497 e. The number of aromatic nitrogens is 4. The van der Waals surface area contributed by atoms with Crippen molar-refractivity contribution >= 4 is 17.1 Å². The molecule has 10 heteroatoms. The van der Waals surface area contributed by atoms with Gasteiger partial charge in [-0.2, -0.15) is 4.98 Å². The summed E-state index contributed by atoms with van der Waals surface area (Å²) in [6.45, 7) is 5.19. The molecule has 0 aliphatic heterocycles. The van der Waals surface area contributed by atoms with E-state index in [0.717, 1.165) is 11.3 Å². The van der Waals surface area contributed by atoms with Crippen LogP contribution in [-0.2, 0) is 11.3 Å². The number of nitrogens with zero attached hydrogens (tertiary/aromatic N) is 4. The van der Waals surface area contributed by atoms with Crippen molar-refractivity contribution < 1.29 is 27.7 Å². The highest BCUT2D eigenvalue weighted by molar-refractivity contribution is 6.04. The first-order valence-corrected chi connectivity index (χ1v) is 10.4. The van der Waals surface area contributed by atoms with Crippen LogP contribution in [0.4, 0.5) is 0 Å². The molecule has 0 saturated carbocycles. The van der Waals surface area contributed by atoms with Crippen LogP contribution in [-0.4, -0.2) is 33.4 Å². The van der Waals surface area contributed by atoms with Gasteiger partial charge in [-0.05, 0) is 45.0 Å². The SMILES string of the molecule is COc1cccc(-c2noc(COC(=O)c3cc(-c4cc(C)oc4C)nc4onc(C)c34)n2)c1. The standard InChI is InChI=1S/C24H20N4O6/c1-12-8-17(14(3)32-12)19-10-18(21-13(2)27-34-23(21)25-19)24(29)31-11-20-26-22(28-33-20)15-6-5-7-16(9-15)30-4/h5-10H,11H2,1-4H3. The van der Waals surface area contributed by atoms with Crippen molar-refractivity contribution in [3.63, 3.8) is 0 Å². The molecule has 34 heavy (non-hydrogen) atoms. The first-order valence-electron chi connectivity index (χ1n) is 10.4. The van der Waals surface area contributed by atoms with Gasteiger partial charge in [0.05, 0.1) is 29.4 Å². The minimum atomic E-state index is -0.598. The summed E-state index contributed by atoms with van der Waals surface area (Å²) in [5.74, 6) is 1.99. The molecule has 10 nitrogen and oxygen atoms in total. The zero-order valence-electron chi connectivity index (χ0n) is 18.9. The summed E-state index contributed by atoms with van der Waals surface area (Å²) < 4.78 is 26.9. The number of aryl methyl sites for hydroxylation is 3. The Morgan fingerprint density at radius 1 is 1.03 bits per heavy atom. The summed E-state index contributed by atoms with van der Waals surface area (Å²) in [5, 5.41) is 8.39. The van der Waals surface area contributed by atoms with E-state index >= 15 is 0 Å². The molecule has 0 bridgehead atoms. The first-order chi connectivity index (χ1) is 16.4. The number of rotatable bonds is 6. The highest BCUT2D eigenvalue weighted by Gasteiger charge is 2.23. The molecule has 0 spiro atoms. The van der Waals surface area contributed by atoms with Crippen LogP contribution in [0.2, 0.25) is 0 Å². The Morgan fingerprint density at radius 3 is 2.65 bits per heavy atom. The molecule has 0 unspecified atom stereocenters. The molecule has 0 atom stereocenters. The summed E-state index contributed by atoms with van der Waals surface area (Å²) in [4.78, 5) is 21.9. The summed E-state index contributed by atoms with van der Waals surface area (Å²) in [5.41, 5.74) is 3.01. The number of hydrogen-bond acceptors (Lipinski definition) is 10. The summed E-state index contributed by atoms with van der Waals surface area (Å²) >= 11 is 0. The van der Waals surface area contributed by atoms with Crippen LogP contribution in [0.3, 0.4) is 0 Å². The number of carbonyl (C=O) groups excluding carboxylic acids is 1. The van der Waals surface area contributed by atoms with Crippen LogP contribution >= 0.6 is 0 Å². The highest BCUT2D eigenvalue weighted by atomic mass is 16.6. The molecular weight excluding hydrogens is 440 g/mol. The van der Waals surface area contributed by atoms with Crippen LogP contribution in [0.5, 0.6) is 5.75 Å². The number of furan rings is 1. The maximum Gasteiger partial charge on any atom is 0.339 e. The Labute approximate surface area is 193 Å². The number of carbonyl (C=O) groups is 1. The van der Waals surface area contributed by atoms with Crippen LogP contribution in [0.15, 0.2) is 49.9 Å². The maximum atomic E-state index is 13.1. The van der Waals surface area contributed by atoms with E-state index in [4.69, 9.17) is 22.9 Å². The van der Waals surface area contributed by atoms with Gasteiger partial charge in [-0.15, -0.1) is 0 Å². The molecule has 5 rings (SSSR count). The number of esters is 1. The molecule has 0 N–H and O–H groups in total. The Hall–Kier alpha value is -4.47. The van der Waals surface area contributed by atoms with Crippen molar-refractivity contribution in [1.82, 2.24) is 20.3 Å². The van der Waals surface area contributed by atoms with Gasteiger partial charge in [0, 0.05) is 11.1 Å². The molecule has 0 saturated heterocycles. The number of ether oxygens (including phenoxy) is 2. The lowest BCUT2D eigenvalue weighted by Gasteiger charge is -2.06. The third kappa shape index (κ3) is 3.90. The normalized spacial score (nSPS) is 11.2. The van der Waals surface area contributed by atoms with Gasteiger partial charge >= 0.3 is 5.97 Å². The van der Waals surface area contributed by atoms with Crippen LogP contribution < -0.4 is 4.74 Å². The van der Waals surface area contributed by atoms with Crippen molar-refractivity contribution in [3.05, 3.63) is 65.1 Å². The van der Waals surface area contributed by atoms with Gasteiger partial charge in [0.2, 0.25) is 5.82 Å². The number of benzene rings is 1. The molecule has 0 amide bonds. The average Bonchev–Trinajstić information content (AvgIpc) is 3.55. The summed E-state index contributed by atoms with van der Waals surface area (Å²) in [7, 11) is 1.58. The Morgan fingerprint density at radius 2 is 1.88 bits per heavy atom. The fraction of sp³-hybridized carbons (Fsp3) is 0.208. The first kappa shape index (κ1) is 21.4. The third-order valence-electron chi connectivity index (χ3n) is 5.28. The zero-order valence-corrected chi connectivity index (χ0v) is 18.9. The molecule has 0 radical (unpaired) electrons. The molecule has 4 heterocycles. The largest absolute Gasteiger partial charge is 0.497 e. The van der Waals surface area contributed by atoms with E-state index in [2.05, 4.69) is 20.3 Å². The third-order valence-corrected chi connectivity index (χ3v) is 5.28. The molecule has 172 valence electrons. The number of pyridine rings is 1. The van der Waals surface area contributed by atoms with E-state index < -0.39 is 5.97 Å². The lowest BCUT2D eigenvalue weighted by Crippen LogP contribution is -2.07. The van der Waals surface area contributed by atoms with E-state index in [1.54, 1.807) is 26.2 Å². The molecule has 0 aliphatic carbocycles. The maximum absolute atomic E-state index is 13.1. The summed E-state index contributed by atoms with van der Waals surface area (Å²) in [6.07, 6.45) is 0. The molecule has 0 aliphatic rings. The monoisotopic (exact) mass is 460 g/mol. The molecular formula is C24H20N4O6. The lowest BCUT2D eigenvalue weighted by molar-refractivity contribution is 0.0432. The van der Waals surface area contributed by atoms with Crippen LogP contribution in [0, 0.1) is 20.8 Å². The van der Waals surface area contributed by atoms with Crippen LogP contribution in [0.1, 0.15) is 33.5 Å². The lowest BCUT2D eigenvalue weighted by atomic mass is 10.1. The van der Waals surface area contributed by atoms with Crippen molar-refractivity contribution in [3.8, 4) is 28.4 Å². The smallest absolute Gasteiger partial charge is 0.339 e. The van der Waals surface area contributed by atoms with Crippen molar-refractivity contribution in [2.45, 2.75) is 27.4 Å². The molecule has 4 aromatic heterocycles. The van der Waals surface area contributed by atoms with Gasteiger partial charge in [0.15, 0.2) is 6.61 Å². The van der Waals surface area contributed by atoms with Gasteiger partial charge in [-0.25, -0.2) is 9.78 Å². The quantitative estimate of drug-likeness (QED) is 0.325. The number of methoxy groups -OCH3 is 1. The van der Waals surface area contributed by atoms with Gasteiger partial charge < -0.3 is 22.9 Å². The van der Waals surface area contributed by atoms with E-state index in [1.807, 2.05) is 38.1 Å². The fourth-order valence-electron chi connectivity index (χ4n) is 3.68. The van der Waals surface area contributed by atoms with Gasteiger partial charge in [-0.3, -0.25) is 0 Å². The number of fused-ring (bicyclic) bond motifs is 1. The van der Waals surface area contributed by atoms with Gasteiger partial charge in [-0.1, -0.05) is 22.4 Å². The fourth-order valence-corrected chi connectivity index (χ4v) is 3.68. The van der Waals surface area contributed by atoms with Gasteiger partial charge in [0.25, 0.3) is 11.6 Å². The summed E-state index contributed by atoms with van der Waals surface area (Å²) in [6, 6.07) is 10.7. The van der Waals surface area contributed by atoms with E-state index in [9.17, 15) is 4.79 Å². The topological polar surface area (TPSA) is 127 Å². The second-order valence-corrected chi connectivity index (χ2v) is 7.65. The average molecular weight is 460 g/mol. The second-order valence-electron chi connectivity index (χ2n) is 7.65. The molecule has 5 aromatic rings. The van der Waals surface area contributed by atoms with E-state index in [0.29, 0.717) is 39.7 Å². The van der Waals surface area contributed by atoms with Gasteiger partial charge in [0.1, 0.15) is 17.3 Å². The van der Waals surface area contributed by atoms with Crippen LogP contribution in [0.25, 0.3) is 33.7 Å². The second kappa shape index (κ2) is 8.47. The van der Waals surface area contributed by atoms with Crippen molar-refractivity contribution in [2.75, 3.05) is 7.11 Å². The Bertz CT molecular complexity index is 1510. The van der Waals surface area contributed by atoms with E-state index in [-0.39, 0.29) is 23.8 Å². The molecule has 1 aromatic carbocycles.